The number of nitrogens with one attached hydrogen (secondary N) is 2. The van der Waals surface area contributed by atoms with Crippen LogP contribution in [0.15, 0.2) is 71.4 Å². The molecular formula is C25H23N3O4S2. The number of hydrogen-bond acceptors (Lipinski definition) is 7. The minimum atomic E-state index is -0.232. The molecule has 34 heavy (non-hydrogen) atoms. The summed E-state index contributed by atoms with van der Waals surface area (Å²) in [6, 6.07) is 18.3. The van der Waals surface area contributed by atoms with Gasteiger partial charge in [-0.05, 0) is 54.8 Å². The molecule has 0 bridgehead atoms. The Balaban J connectivity index is 1.33. The number of carbonyl (C=O) groups is 2. The number of thiazole rings is 1. The van der Waals surface area contributed by atoms with Gasteiger partial charge in [0, 0.05) is 10.3 Å². The number of carbonyl (C=O) groups excluding carboxylic acids is 2. The number of anilines is 2. The molecule has 0 saturated heterocycles. The minimum absolute atomic E-state index is 0.0781. The molecule has 0 radical (unpaired) electrons. The second-order valence-electron chi connectivity index (χ2n) is 7.18. The lowest BCUT2D eigenvalue weighted by molar-refractivity contribution is -0.116. The highest BCUT2D eigenvalue weighted by atomic mass is 32.1. The van der Waals surface area contributed by atoms with E-state index in [2.05, 4.69) is 15.6 Å². The molecule has 0 aliphatic rings. The molecule has 2 aromatic heterocycles. The van der Waals surface area contributed by atoms with Crippen molar-refractivity contribution in [2.75, 3.05) is 17.2 Å². The van der Waals surface area contributed by atoms with E-state index in [1.807, 2.05) is 60.8 Å². The molecule has 174 valence electrons. The molecule has 0 fully saturated rings. The summed E-state index contributed by atoms with van der Waals surface area (Å²) in [5.74, 6) is 1.56. The minimum Gasteiger partial charge on any atom is -0.494 e. The molecule has 7 nitrogen and oxygen atoms in total. The molecule has 0 aliphatic heterocycles. The van der Waals surface area contributed by atoms with E-state index in [-0.39, 0.29) is 18.2 Å². The third kappa shape index (κ3) is 6.66. The molecule has 9 heteroatoms. The van der Waals surface area contributed by atoms with Gasteiger partial charge in [0.1, 0.15) is 11.5 Å². The van der Waals surface area contributed by atoms with E-state index in [0.29, 0.717) is 41.0 Å². The molecular weight excluding hydrogens is 470 g/mol. The van der Waals surface area contributed by atoms with Crippen molar-refractivity contribution in [3.63, 3.8) is 0 Å². The predicted molar refractivity (Wildman–Crippen MR) is 135 cm³/mol. The second-order valence-corrected chi connectivity index (χ2v) is 9.07. The molecule has 0 saturated carbocycles. The van der Waals surface area contributed by atoms with Crippen LogP contribution in [0.1, 0.15) is 17.5 Å². The van der Waals surface area contributed by atoms with Crippen LogP contribution in [-0.2, 0) is 22.4 Å². The van der Waals surface area contributed by atoms with Gasteiger partial charge in [0.15, 0.2) is 10.9 Å². The number of amides is 2. The van der Waals surface area contributed by atoms with Gasteiger partial charge >= 0.3 is 0 Å². The van der Waals surface area contributed by atoms with Crippen LogP contribution in [0.5, 0.6) is 17.2 Å². The Morgan fingerprint density at radius 3 is 2.41 bits per heavy atom. The zero-order valence-corrected chi connectivity index (χ0v) is 20.1. The van der Waals surface area contributed by atoms with E-state index in [1.165, 1.54) is 22.7 Å². The standard InChI is InChI=1S/C25H23N3O4S2/c1-2-31-18-9-11-19(12-10-18)32-22-8-4-3-7-21(22)27-23(29)14-17-16-34-25(26-17)28-24(30)15-20-6-5-13-33-20/h3-13,16H,2,14-15H2,1H3,(H,27,29)(H,26,28,30). The van der Waals surface area contributed by atoms with Crippen molar-refractivity contribution >= 4 is 45.3 Å². The van der Waals surface area contributed by atoms with Crippen LogP contribution in [0.25, 0.3) is 0 Å². The first-order chi connectivity index (χ1) is 16.6. The summed E-state index contributed by atoms with van der Waals surface area (Å²) >= 11 is 2.83. The Labute approximate surface area is 205 Å². The molecule has 0 aliphatic carbocycles. The van der Waals surface area contributed by atoms with Crippen LogP contribution < -0.4 is 20.1 Å². The maximum atomic E-state index is 12.6. The fourth-order valence-electron chi connectivity index (χ4n) is 3.10. The molecule has 2 amide bonds. The lowest BCUT2D eigenvalue weighted by Gasteiger charge is -2.12. The number of thiophene rings is 1. The second kappa shape index (κ2) is 11.4. The van der Waals surface area contributed by atoms with Crippen LogP contribution in [0.3, 0.4) is 0 Å². The summed E-state index contributed by atoms with van der Waals surface area (Å²) < 4.78 is 11.4. The average molecular weight is 494 g/mol. The third-order valence-electron chi connectivity index (χ3n) is 4.58. The average Bonchev–Trinajstić information content (AvgIpc) is 3.48. The van der Waals surface area contributed by atoms with Crippen molar-refractivity contribution in [1.29, 1.82) is 0 Å². The topological polar surface area (TPSA) is 89.5 Å². The van der Waals surface area contributed by atoms with Crippen LogP contribution in [0, 0.1) is 0 Å². The molecule has 4 aromatic rings. The maximum Gasteiger partial charge on any atom is 0.231 e. The summed E-state index contributed by atoms with van der Waals surface area (Å²) in [6.07, 6.45) is 0.382. The molecule has 4 rings (SSSR count). The van der Waals surface area contributed by atoms with Gasteiger partial charge in [0.05, 0.1) is 30.8 Å². The zero-order chi connectivity index (χ0) is 23.8. The van der Waals surface area contributed by atoms with Crippen LogP contribution >= 0.6 is 22.7 Å². The molecule has 0 spiro atoms. The molecule has 0 atom stereocenters. The van der Waals surface area contributed by atoms with E-state index in [4.69, 9.17) is 9.47 Å². The first-order valence-electron chi connectivity index (χ1n) is 10.7. The highest BCUT2D eigenvalue weighted by molar-refractivity contribution is 7.14. The predicted octanol–water partition coefficient (Wildman–Crippen LogP) is 5.76. The first-order valence-corrected chi connectivity index (χ1v) is 12.4. The summed E-state index contributed by atoms with van der Waals surface area (Å²) in [5, 5.41) is 9.84. The number of hydrogen-bond donors (Lipinski definition) is 2. The molecule has 0 unspecified atom stereocenters. The Kier molecular flexibility index (Phi) is 7.90. The largest absolute Gasteiger partial charge is 0.494 e. The van der Waals surface area contributed by atoms with Gasteiger partial charge in [-0.1, -0.05) is 18.2 Å². The quantitative estimate of drug-likeness (QED) is 0.293. The Hall–Kier alpha value is -3.69. The lowest BCUT2D eigenvalue weighted by Crippen LogP contribution is -2.16. The fourth-order valence-corrected chi connectivity index (χ4v) is 4.53. The summed E-state index contributed by atoms with van der Waals surface area (Å²) in [6.45, 7) is 2.52. The van der Waals surface area contributed by atoms with Crippen molar-refractivity contribution in [2.24, 2.45) is 0 Å². The normalized spacial score (nSPS) is 10.5. The van der Waals surface area contributed by atoms with Gasteiger partial charge in [0.25, 0.3) is 0 Å². The lowest BCUT2D eigenvalue weighted by atomic mass is 10.2. The number of benzene rings is 2. The number of rotatable bonds is 10. The smallest absolute Gasteiger partial charge is 0.231 e. The Bertz CT molecular complexity index is 1240. The van der Waals surface area contributed by atoms with Crippen molar-refractivity contribution in [3.8, 4) is 17.2 Å². The molecule has 2 N–H and O–H groups in total. The van der Waals surface area contributed by atoms with E-state index in [0.717, 1.165) is 10.6 Å². The van der Waals surface area contributed by atoms with Crippen LogP contribution in [0.4, 0.5) is 10.8 Å². The summed E-state index contributed by atoms with van der Waals surface area (Å²) in [7, 11) is 0. The summed E-state index contributed by atoms with van der Waals surface area (Å²) in [4.78, 5) is 30.1. The van der Waals surface area contributed by atoms with Crippen molar-refractivity contribution in [1.82, 2.24) is 4.98 Å². The molecule has 2 heterocycles. The molecule has 2 aromatic carbocycles. The van der Waals surface area contributed by atoms with Gasteiger partial charge < -0.3 is 20.1 Å². The number of para-hydroxylation sites is 2. The van der Waals surface area contributed by atoms with Gasteiger partial charge in [-0.2, -0.15) is 0 Å². The van der Waals surface area contributed by atoms with Gasteiger partial charge in [0.2, 0.25) is 11.8 Å². The number of nitrogens with zero attached hydrogens (tertiary/aromatic N) is 1. The van der Waals surface area contributed by atoms with E-state index in [1.54, 1.807) is 17.5 Å². The summed E-state index contributed by atoms with van der Waals surface area (Å²) in [5.41, 5.74) is 1.14. The van der Waals surface area contributed by atoms with Crippen molar-refractivity contribution < 1.29 is 19.1 Å². The van der Waals surface area contributed by atoms with E-state index in [9.17, 15) is 9.59 Å². The Morgan fingerprint density at radius 1 is 0.882 bits per heavy atom. The van der Waals surface area contributed by atoms with E-state index < -0.39 is 0 Å². The van der Waals surface area contributed by atoms with Crippen LogP contribution in [-0.4, -0.2) is 23.4 Å². The highest BCUT2D eigenvalue weighted by Gasteiger charge is 2.13. The van der Waals surface area contributed by atoms with Gasteiger partial charge in [-0.15, -0.1) is 22.7 Å². The first kappa shape index (κ1) is 23.5. The fraction of sp³-hybridized carbons (Fsp3) is 0.160. The van der Waals surface area contributed by atoms with Gasteiger partial charge in [-0.25, -0.2) is 4.98 Å². The van der Waals surface area contributed by atoms with Crippen LogP contribution in [0.2, 0.25) is 0 Å². The number of aromatic nitrogens is 1. The van der Waals surface area contributed by atoms with E-state index >= 15 is 0 Å². The number of ether oxygens (including phenoxy) is 2. The van der Waals surface area contributed by atoms with Crippen molar-refractivity contribution in [3.05, 3.63) is 82.0 Å². The highest BCUT2D eigenvalue weighted by Crippen LogP contribution is 2.30. The van der Waals surface area contributed by atoms with Crippen molar-refractivity contribution in [2.45, 2.75) is 19.8 Å². The monoisotopic (exact) mass is 493 g/mol. The maximum absolute atomic E-state index is 12.6. The SMILES string of the molecule is CCOc1ccc(Oc2ccccc2NC(=O)Cc2csc(NC(=O)Cc3cccs3)n2)cc1. The Morgan fingerprint density at radius 2 is 1.65 bits per heavy atom. The third-order valence-corrected chi connectivity index (χ3v) is 6.26. The van der Waals surface area contributed by atoms with Gasteiger partial charge in [-0.3, -0.25) is 9.59 Å². The zero-order valence-electron chi connectivity index (χ0n) is 18.4.